The molecule has 0 radical (unpaired) electrons. The number of ether oxygens (including phenoxy) is 1. The fraction of sp³-hybridized carbons (Fsp3) is 0.522. The average Bonchev–Trinajstić information content (AvgIpc) is 3.49. The van der Waals surface area contributed by atoms with Crippen molar-refractivity contribution in [2.75, 3.05) is 28.6 Å². The minimum atomic E-state index is -0.154. The van der Waals surface area contributed by atoms with Crippen molar-refractivity contribution in [3.8, 4) is 11.4 Å². The quantitative estimate of drug-likeness (QED) is 0.659. The van der Waals surface area contributed by atoms with Gasteiger partial charge in [0.1, 0.15) is 11.6 Å². The van der Waals surface area contributed by atoms with Crippen LogP contribution in [0.4, 0.5) is 22.1 Å². The van der Waals surface area contributed by atoms with Crippen LogP contribution in [0.5, 0.6) is 0 Å². The lowest BCUT2D eigenvalue weighted by Crippen LogP contribution is -2.43. The van der Waals surface area contributed by atoms with Crippen LogP contribution in [0.2, 0.25) is 0 Å². The molecule has 1 aromatic carbocycles. The first-order valence-electron chi connectivity index (χ1n) is 11.3. The van der Waals surface area contributed by atoms with Gasteiger partial charge < -0.3 is 25.6 Å². The number of carbonyl (C=O) groups is 1. The van der Waals surface area contributed by atoms with E-state index in [9.17, 15) is 4.79 Å². The Morgan fingerprint density at radius 3 is 2.42 bits per heavy atom. The number of anilines is 3. The van der Waals surface area contributed by atoms with E-state index in [-0.39, 0.29) is 12.1 Å². The van der Waals surface area contributed by atoms with Gasteiger partial charge in [-0.1, -0.05) is 0 Å². The number of morpholine rings is 1. The first-order valence-corrected chi connectivity index (χ1v) is 11.3. The van der Waals surface area contributed by atoms with Crippen LogP contribution in [0.1, 0.15) is 39.5 Å². The molecule has 2 amide bonds. The van der Waals surface area contributed by atoms with Gasteiger partial charge in [0, 0.05) is 42.5 Å². The van der Waals surface area contributed by atoms with Crippen LogP contribution in [0.15, 0.2) is 30.3 Å². The lowest BCUT2D eigenvalue weighted by Gasteiger charge is -2.33. The molecule has 1 aromatic heterocycles. The molecule has 3 N–H and O–H groups in total. The third-order valence-corrected chi connectivity index (χ3v) is 5.83. The molecule has 5 rings (SSSR count). The molecular weight excluding hydrogens is 392 g/mol. The highest BCUT2D eigenvalue weighted by atomic mass is 16.5. The van der Waals surface area contributed by atoms with E-state index >= 15 is 0 Å². The highest BCUT2D eigenvalue weighted by Crippen LogP contribution is 2.31. The van der Waals surface area contributed by atoms with Crippen LogP contribution in [0.3, 0.4) is 0 Å². The Bertz CT molecular complexity index is 932. The minimum absolute atomic E-state index is 0.154. The van der Waals surface area contributed by atoms with E-state index < -0.39 is 0 Å². The SMILES string of the molecule is CC(C)Nc1cc(N2CC3CCC(C2)O3)nc(-c2ccc(NC(=O)NC3CC3)cc2)n1. The van der Waals surface area contributed by atoms with Gasteiger partial charge in [-0.05, 0) is 63.8 Å². The Morgan fingerprint density at radius 1 is 1.06 bits per heavy atom. The predicted octanol–water partition coefficient (Wildman–Crippen LogP) is 3.62. The first-order chi connectivity index (χ1) is 15.0. The second kappa shape index (κ2) is 8.34. The van der Waals surface area contributed by atoms with E-state index in [1.165, 1.54) is 0 Å². The molecular formula is C23H30N6O2. The van der Waals surface area contributed by atoms with Crippen molar-refractivity contribution in [2.24, 2.45) is 0 Å². The maximum Gasteiger partial charge on any atom is 0.319 e. The number of nitrogens with one attached hydrogen (secondary N) is 3. The molecule has 1 aliphatic carbocycles. The molecule has 3 heterocycles. The van der Waals surface area contributed by atoms with Crippen molar-refractivity contribution in [1.29, 1.82) is 0 Å². The van der Waals surface area contributed by atoms with Crippen LogP contribution < -0.4 is 20.9 Å². The molecule has 0 spiro atoms. The molecule has 3 aliphatic rings. The number of hydrogen-bond donors (Lipinski definition) is 3. The summed E-state index contributed by atoms with van der Waals surface area (Å²) in [5.41, 5.74) is 1.67. The highest BCUT2D eigenvalue weighted by molar-refractivity contribution is 5.89. The lowest BCUT2D eigenvalue weighted by atomic mass is 10.2. The average molecular weight is 423 g/mol. The molecule has 164 valence electrons. The smallest absolute Gasteiger partial charge is 0.319 e. The molecule has 31 heavy (non-hydrogen) atoms. The van der Waals surface area contributed by atoms with Crippen molar-refractivity contribution < 1.29 is 9.53 Å². The Kier molecular flexibility index (Phi) is 5.40. The van der Waals surface area contributed by atoms with Crippen LogP contribution >= 0.6 is 0 Å². The summed E-state index contributed by atoms with van der Waals surface area (Å²) in [6.07, 6.45) is 4.98. The second-order valence-electron chi connectivity index (χ2n) is 9.05. The maximum atomic E-state index is 12.0. The van der Waals surface area contributed by atoms with Gasteiger partial charge in [-0.25, -0.2) is 14.8 Å². The summed E-state index contributed by atoms with van der Waals surface area (Å²) in [5, 5.41) is 9.24. The van der Waals surface area contributed by atoms with Gasteiger partial charge in [-0.15, -0.1) is 0 Å². The molecule has 8 nitrogen and oxygen atoms in total. The van der Waals surface area contributed by atoms with E-state index in [1.807, 2.05) is 30.3 Å². The Labute approximate surface area is 182 Å². The number of nitrogens with zero attached hydrogens (tertiary/aromatic N) is 3. The number of hydrogen-bond acceptors (Lipinski definition) is 6. The highest BCUT2D eigenvalue weighted by Gasteiger charge is 2.34. The Balaban J connectivity index is 1.37. The van der Waals surface area contributed by atoms with Crippen LogP contribution in [0.25, 0.3) is 11.4 Å². The standard InChI is InChI=1S/C23H30N6O2/c1-14(2)24-20-11-21(29-12-18-9-10-19(13-29)31-18)28-22(27-20)15-3-5-16(6-4-15)25-23(30)26-17-7-8-17/h3-6,11,14,17-19H,7-10,12-13H2,1-2H3,(H,24,27,28)(H2,25,26,30). The number of benzene rings is 1. The van der Waals surface area contributed by atoms with Gasteiger partial charge in [0.05, 0.1) is 12.2 Å². The van der Waals surface area contributed by atoms with Gasteiger partial charge in [-0.3, -0.25) is 0 Å². The molecule has 2 atom stereocenters. The number of rotatable bonds is 6. The number of urea groups is 1. The molecule has 2 unspecified atom stereocenters. The van der Waals surface area contributed by atoms with Gasteiger partial charge in [0.25, 0.3) is 0 Å². The summed E-state index contributed by atoms with van der Waals surface area (Å²) in [5.74, 6) is 2.42. The molecule has 2 aliphatic heterocycles. The summed E-state index contributed by atoms with van der Waals surface area (Å²) in [6.45, 7) is 5.94. The summed E-state index contributed by atoms with van der Waals surface area (Å²) in [7, 11) is 0. The zero-order valence-corrected chi connectivity index (χ0v) is 18.1. The third-order valence-electron chi connectivity index (χ3n) is 5.83. The van der Waals surface area contributed by atoms with Gasteiger partial charge in [0.2, 0.25) is 0 Å². The largest absolute Gasteiger partial charge is 0.371 e. The van der Waals surface area contributed by atoms with Crippen LogP contribution in [0, 0.1) is 0 Å². The molecule has 2 aromatic rings. The van der Waals surface area contributed by atoms with Gasteiger partial charge in [-0.2, -0.15) is 0 Å². The molecule has 2 saturated heterocycles. The van der Waals surface area contributed by atoms with Crippen molar-refractivity contribution in [2.45, 2.75) is 63.8 Å². The monoisotopic (exact) mass is 422 g/mol. The van der Waals surface area contributed by atoms with Crippen LogP contribution in [-0.4, -0.2) is 53.4 Å². The normalized spacial score (nSPS) is 22.5. The Morgan fingerprint density at radius 2 is 1.77 bits per heavy atom. The molecule has 3 fully saturated rings. The van der Waals surface area contributed by atoms with E-state index in [2.05, 4.69) is 34.7 Å². The van der Waals surface area contributed by atoms with Crippen LogP contribution in [-0.2, 0) is 4.74 Å². The van der Waals surface area contributed by atoms with Crippen molar-refractivity contribution >= 4 is 23.4 Å². The molecule has 8 heteroatoms. The topological polar surface area (TPSA) is 91.4 Å². The zero-order valence-electron chi connectivity index (χ0n) is 18.1. The van der Waals surface area contributed by atoms with E-state index in [0.29, 0.717) is 24.1 Å². The number of fused-ring (bicyclic) bond motifs is 2. The van der Waals surface area contributed by atoms with Gasteiger partial charge in [0.15, 0.2) is 5.82 Å². The fourth-order valence-electron chi connectivity index (χ4n) is 4.18. The fourth-order valence-corrected chi connectivity index (χ4v) is 4.18. The number of amides is 2. The summed E-state index contributed by atoms with van der Waals surface area (Å²) >= 11 is 0. The van der Waals surface area contributed by atoms with E-state index in [4.69, 9.17) is 14.7 Å². The zero-order chi connectivity index (χ0) is 21.4. The first kappa shape index (κ1) is 20.1. The van der Waals surface area contributed by atoms with Crippen molar-refractivity contribution in [3.63, 3.8) is 0 Å². The summed E-state index contributed by atoms with van der Waals surface area (Å²) in [6, 6.07) is 10.2. The summed E-state index contributed by atoms with van der Waals surface area (Å²) in [4.78, 5) is 23.9. The predicted molar refractivity (Wildman–Crippen MR) is 122 cm³/mol. The lowest BCUT2D eigenvalue weighted by molar-refractivity contribution is 0.0302. The minimum Gasteiger partial charge on any atom is -0.371 e. The van der Waals surface area contributed by atoms with E-state index in [1.54, 1.807) is 0 Å². The summed E-state index contributed by atoms with van der Waals surface area (Å²) < 4.78 is 5.99. The second-order valence-corrected chi connectivity index (χ2v) is 9.05. The molecule has 2 bridgehead atoms. The maximum absolute atomic E-state index is 12.0. The third kappa shape index (κ3) is 4.90. The van der Waals surface area contributed by atoms with Gasteiger partial charge >= 0.3 is 6.03 Å². The molecule has 1 saturated carbocycles. The van der Waals surface area contributed by atoms with Crippen molar-refractivity contribution in [3.05, 3.63) is 30.3 Å². The number of aromatic nitrogens is 2. The van der Waals surface area contributed by atoms with Crippen molar-refractivity contribution in [1.82, 2.24) is 15.3 Å². The van der Waals surface area contributed by atoms with E-state index in [0.717, 1.165) is 61.7 Å². The number of carbonyl (C=O) groups excluding carboxylic acids is 1. The Hall–Kier alpha value is -2.87.